The largest absolute Gasteiger partial charge is 0.321 e. The fourth-order valence-electron chi connectivity index (χ4n) is 4.33. The van der Waals surface area contributed by atoms with Crippen molar-refractivity contribution in [2.24, 2.45) is 5.73 Å². The fourth-order valence-corrected chi connectivity index (χ4v) is 4.33. The average Bonchev–Trinajstić information content (AvgIpc) is 2.95. The Kier molecular flexibility index (Phi) is 9.63. The first kappa shape index (κ1) is 25.9. The van der Waals surface area contributed by atoms with Gasteiger partial charge < -0.3 is 5.73 Å². The maximum atomic E-state index is 7.29. The third-order valence-corrected chi connectivity index (χ3v) is 6.41. The average molecular weight is 482 g/mol. The van der Waals surface area contributed by atoms with Gasteiger partial charge in [0.05, 0.1) is 0 Å². The molecule has 0 fully saturated rings. The van der Waals surface area contributed by atoms with Crippen LogP contribution in [-0.2, 0) is 0 Å². The molecule has 37 heavy (non-hydrogen) atoms. The van der Waals surface area contributed by atoms with E-state index in [0.717, 1.165) is 19.3 Å². The second-order valence-corrected chi connectivity index (χ2v) is 9.29. The Labute approximate surface area is 222 Å². The SMILES string of the molecule is NC(CC=Cc1ccccc1)(CC=Cc1ccccc1)C(=Cc1ccccc1)CC=Cc1ccccc1. The van der Waals surface area contributed by atoms with Crippen LogP contribution >= 0.6 is 0 Å². The third-order valence-electron chi connectivity index (χ3n) is 6.41. The van der Waals surface area contributed by atoms with Crippen molar-refractivity contribution >= 4 is 24.3 Å². The quantitative estimate of drug-likeness (QED) is 0.227. The first-order valence-electron chi connectivity index (χ1n) is 12.9. The van der Waals surface area contributed by atoms with Crippen molar-refractivity contribution in [2.75, 3.05) is 0 Å². The smallest absolute Gasteiger partial charge is 0.0445 e. The minimum absolute atomic E-state index is 0.534. The molecule has 4 rings (SSSR count). The number of rotatable bonds is 11. The summed E-state index contributed by atoms with van der Waals surface area (Å²) in [4.78, 5) is 0. The topological polar surface area (TPSA) is 26.0 Å². The molecule has 1 nitrogen and oxygen atoms in total. The Balaban J connectivity index is 1.64. The first-order chi connectivity index (χ1) is 18.2. The molecule has 184 valence electrons. The van der Waals surface area contributed by atoms with Gasteiger partial charge in [-0.25, -0.2) is 0 Å². The molecule has 1 heteroatoms. The van der Waals surface area contributed by atoms with E-state index in [1.807, 2.05) is 24.3 Å². The lowest BCUT2D eigenvalue weighted by molar-refractivity contribution is 0.506. The summed E-state index contributed by atoms with van der Waals surface area (Å²) in [6, 6.07) is 41.7. The normalized spacial score (nSPS) is 13.9. The lowest BCUT2D eigenvalue weighted by atomic mass is 9.80. The van der Waals surface area contributed by atoms with Crippen molar-refractivity contribution in [1.29, 1.82) is 0 Å². The van der Waals surface area contributed by atoms with E-state index >= 15 is 0 Å². The molecule has 2 N–H and O–H groups in total. The summed E-state index contributed by atoms with van der Waals surface area (Å²) < 4.78 is 0. The van der Waals surface area contributed by atoms with E-state index in [-0.39, 0.29) is 0 Å². The van der Waals surface area contributed by atoms with Crippen LogP contribution in [0.5, 0.6) is 0 Å². The predicted octanol–water partition coefficient (Wildman–Crippen LogP) is 9.08. The second-order valence-electron chi connectivity index (χ2n) is 9.29. The molecule has 0 amide bonds. The van der Waals surface area contributed by atoms with Gasteiger partial charge in [0.1, 0.15) is 0 Å². The van der Waals surface area contributed by atoms with E-state index < -0.39 is 5.54 Å². The highest BCUT2D eigenvalue weighted by atomic mass is 14.7. The molecule has 0 aliphatic carbocycles. The highest BCUT2D eigenvalue weighted by Gasteiger charge is 2.26. The first-order valence-corrected chi connectivity index (χ1v) is 12.9. The summed E-state index contributed by atoms with van der Waals surface area (Å²) in [7, 11) is 0. The molecule has 0 saturated heterocycles. The third kappa shape index (κ3) is 8.45. The van der Waals surface area contributed by atoms with Crippen LogP contribution in [0, 0.1) is 0 Å². The van der Waals surface area contributed by atoms with E-state index in [2.05, 4.69) is 140 Å². The van der Waals surface area contributed by atoms with Gasteiger partial charge in [-0.15, -0.1) is 0 Å². The molecule has 4 aromatic carbocycles. The van der Waals surface area contributed by atoms with Crippen LogP contribution in [0.25, 0.3) is 24.3 Å². The number of hydrogen-bond donors (Lipinski definition) is 1. The van der Waals surface area contributed by atoms with Crippen LogP contribution in [0.4, 0.5) is 0 Å². The lowest BCUT2D eigenvalue weighted by Gasteiger charge is -2.31. The van der Waals surface area contributed by atoms with Gasteiger partial charge in [-0.2, -0.15) is 0 Å². The zero-order valence-corrected chi connectivity index (χ0v) is 21.3. The van der Waals surface area contributed by atoms with E-state index in [9.17, 15) is 0 Å². The molecule has 0 bridgehead atoms. The molecule has 4 aromatic rings. The minimum atomic E-state index is -0.534. The lowest BCUT2D eigenvalue weighted by Crippen LogP contribution is -2.41. The molecule has 0 radical (unpaired) electrons. The van der Waals surface area contributed by atoms with Gasteiger partial charge in [0, 0.05) is 5.54 Å². The summed E-state index contributed by atoms with van der Waals surface area (Å²) in [5.41, 5.74) is 12.7. The Morgan fingerprint density at radius 2 is 0.838 bits per heavy atom. The van der Waals surface area contributed by atoms with E-state index in [4.69, 9.17) is 5.73 Å². The zero-order chi connectivity index (χ0) is 25.6. The Morgan fingerprint density at radius 3 is 1.24 bits per heavy atom. The molecule has 0 saturated carbocycles. The fraction of sp³-hybridized carbons (Fsp3) is 0.111. The Bertz CT molecular complexity index is 1260. The van der Waals surface area contributed by atoms with Gasteiger partial charge in [-0.1, -0.05) is 164 Å². The van der Waals surface area contributed by atoms with Crippen molar-refractivity contribution in [3.63, 3.8) is 0 Å². The standard InChI is InChI=1S/C36H35N/c37-36(28-14-25-32-18-7-2-8-19-32,29-15-26-33-20-9-3-10-21-33)35(30-34-22-11-4-12-23-34)27-13-24-31-16-5-1-6-17-31/h1-26,30H,27-29,37H2. The molecule has 0 aliphatic heterocycles. The highest BCUT2D eigenvalue weighted by molar-refractivity contribution is 5.59. The van der Waals surface area contributed by atoms with Crippen LogP contribution in [0.15, 0.2) is 145 Å². The van der Waals surface area contributed by atoms with Crippen LogP contribution in [-0.4, -0.2) is 5.54 Å². The molecular formula is C36H35N. The Hall–Kier alpha value is -4.20. The van der Waals surface area contributed by atoms with Crippen molar-refractivity contribution in [1.82, 2.24) is 0 Å². The minimum Gasteiger partial charge on any atom is -0.321 e. The van der Waals surface area contributed by atoms with Crippen LogP contribution in [0.2, 0.25) is 0 Å². The van der Waals surface area contributed by atoms with Gasteiger partial charge in [-0.05, 0) is 47.1 Å². The van der Waals surface area contributed by atoms with Gasteiger partial charge in [0.2, 0.25) is 0 Å². The summed E-state index contributed by atoms with van der Waals surface area (Å²) >= 11 is 0. The van der Waals surface area contributed by atoms with E-state index in [1.165, 1.54) is 27.8 Å². The van der Waals surface area contributed by atoms with Gasteiger partial charge in [-0.3, -0.25) is 0 Å². The summed E-state index contributed by atoms with van der Waals surface area (Å²) in [6.45, 7) is 0. The zero-order valence-electron chi connectivity index (χ0n) is 21.3. The monoisotopic (exact) mass is 481 g/mol. The van der Waals surface area contributed by atoms with Crippen LogP contribution in [0.1, 0.15) is 41.5 Å². The highest BCUT2D eigenvalue weighted by Crippen LogP contribution is 2.30. The second kappa shape index (κ2) is 13.8. The molecule has 0 heterocycles. The maximum Gasteiger partial charge on any atom is 0.0445 e. The van der Waals surface area contributed by atoms with Gasteiger partial charge >= 0.3 is 0 Å². The molecule has 0 atom stereocenters. The van der Waals surface area contributed by atoms with Crippen LogP contribution < -0.4 is 5.73 Å². The molecule has 0 spiro atoms. The maximum absolute atomic E-state index is 7.29. The number of allylic oxidation sites excluding steroid dienone is 1. The van der Waals surface area contributed by atoms with Crippen molar-refractivity contribution < 1.29 is 0 Å². The predicted molar refractivity (Wildman–Crippen MR) is 162 cm³/mol. The van der Waals surface area contributed by atoms with Crippen molar-refractivity contribution in [2.45, 2.75) is 24.8 Å². The number of hydrogen-bond acceptors (Lipinski definition) is 1. The summed E-state index contributed by atoms with van der Waals surface area (Å²) in [5.74, 6) is 0. The summed E-state index contributed by atoms with van der Waals surface area (Å²) in [6.07, 6.45) is 17.7. The van der Waals surface area contributed by atoms with E-state index in [0.29, 0.717) is 0 Å². The van der Waals surface area contributed by atoms with Crippen molar-refractivity contribution in [3.8, 4) is 0 Å². The number of benzene rings is 4. The van der Waals surface area contributed by atoms with Gasteiger partial charge in [0.15, 0.2) is 0 Å². The molecule has 0 aliphatic rings. The molecular weight excluding hydrogens is 446 g/mol. The van der Waals surface area contributed by atoms with Crippen molar-refractivity contribution in [3.05, 3.63) is 167 Å². The van der Waals surface area contributed by atoms with Crippen LogP contribution in [0.3, 0.4) is 0 Å². The number of nitrogens with two attached hydrogens (primary N) is 1. The molecule has 0 unspecified atom stereocenters. The van der Waals surface area contributed by atoms with Gasteiger partial charge in [0.25, 0.3) is 0 Å². The van der Waals surface area contributed by atoms with E-state index in [1.54, 1.807) is 0 Å². The Morgan fingerprint density at radius 1 is 0.486 bits per heavy atom. The summed E-state index contributed by atoms with van der Waals surface area (Å²) in [5, 5.41) is 0. The molecule has 0 aromatic heterocycles.